The van der Waals surface area contributed by atoms with Crippen molar-refractivity contribution in [3.05, 3.63) is 35.1 Å². The number of hydrogen-bond acceptors (Lipinski definition) is 2. The Hall–Kier alpha value is -1.42. The molecule has 1 unspecified atom stereocenters. The van der Waals surface area contributed by atoms with Crippen molar-refractivity contribution in [2.24, 2.45) is 0 Å². The molecule has 2 rings (SSSR count). The Balaban J connectivity index is 2.18. The van der Waals surface area contributed by atoms with Gasteiger partial charge < -0.3 is 4.90 Å². The van der Waals surface area contributed by atoms with Gasteiger partial charge in [0.15, 0.2) is 0 Å². The topological polar surface area (TPSA) is 23.6 Å². The Morgan fingerprint density at radius 3 is 2.84 bits per heavy atom. The summed E-state index contributed by atoms with van der Waals surface area (Å²) < 4.78 is 14.0. The normalized spacial score (nSPS) is 20.6. The van der Waals surface area contributed by atoms with E-state index in [2.05, 4.69) is 18.9 Å². The third kappa shape index (κ3) is 2.78. The van der Waals surface area contributed by atoms with Gasteiger partial charge in [0.1, 0.15) is 5.82 Å². The molecule has 1 aliphatic heterocycles. The number of carbonyl (C=O) groups excluding carboxylic acids is 1. The van der Waals surface area contributed by atoms with Crippen molar-refractivity contribution in [2.75, 3.05) is 26.7 Å². The smallest absolute Gasteiger partial charge is 0.256 e. The number of carbonyl (C=O) groups is 1. The average Bonchev–Trinajstić information content (AvgIpc) is 2.41. The first-order chi connectivity index (χ1) is 9.04. The van der Waals surface area contributed by atoms with Crippen molar-refractivity contribution in [1.29, 1.82) is 0 Å². The summed E-state index contributed by atoms with van der Waals surface area (Å²) in [6, 6.07) is 5.36. The summed E-state index contributed by atoms with van der Waals surface area (Å²) in [4.78, 5) is 16.4. The number of benzene rings is 1. The number of aryl methyl sites for hydroxylation is 1. The summed E-state index contributed by atoms with van der Waals surface area (Å²) in [6.07, 6.45) is 0.997. The molecule has 0 aromatic heterocycles. The molecule has 104 valence electrons. The van der Waals surface area contributed by atoms with Crippen LogP contribution in [-0.4, -0.2) is 48.4 Å². The van der Waals surface area contributed by atoms with E-state index in [0.29, 0.717) is 24.7 Å². The first kappa shape index (κ1) is 14.0. The molecule has 0 spiro atoms. The summed E-state index contributed by atoms with van der Waals surface area (Å²) >= 11 is 0. The predicted molar refractivity (Wildman–Crippen MR) is 73.7 cm³/mol. The van der Waals surface area contributed by atoms with Gasteiger partial charge in [-0.25, -0.2) is 4.39 Å². The molecule has 0 saturated carbocycles. The maximum absolute atomic E-state index is 14.0. The van der Waals surface area contributed by atoms with E-state index in [1.54, 1.807) is 30.0 Å². The molecule has 1 amide bonds. The molecule has 3 nitrogen and oxygen atoms in total. The molecule has 1 fully saturated rings. The van der Waals surface area contributed by atoms with Gasteiger partial charge in [-0.2, -0.15) is 0 Å². The van der Waals surface area contributed by atoms with Crippen LogP contribution >= 0.6 is 0 Å². The van der Waals surface area contributed by atoms with Crippen molar-refractivity contribution in [1.82, 2.24) is 9.80 Å². The fourth-order valence-corrected chi connectivity index (χ4v) is 2.55. The van der Waals surface area contributed by atoms with Crippen LogP contribution in [0.4, 0.5) is 4.39 Å². The van der Waals surface area contributed by atoms with Crippen molar-refractivity contribution in [3.8, 4) is 0 Å². The third-order valence-electron chi connectivity index (χ3n) is 3.96. The Morgan fingerprint density at radius 2 is 2.16 bits per heavy atom. The zero-order valence-electron chi connectivity index (χ0n) is 11.8. The second-order valence-electron chi connectivity index (χ2n) is 5.23. The molecule has 1 aromatic carbocycles. The van der Waals surface area contributed by atoms with Gasteiger partial charge in [-0.3, -0.25) is 9.69 Å². The van der Waals surface area contributed by atoms with Gasteiger partial charge in [0.2, 0.25) is 0 Å². The van der Waals surface area contributed by atoms with Crippen LogP contribution in [0.5, 0.6) is 0 Å². The highest BCUT2D eigenvalue weighted by Crippen LogP contribution is 2.17. The quantitative estimate of drug-likeness (QED) is 0.818. The summed E-state index contributed by atoms with van der Waals surface area (Å²) in [5, 5.41) is 0. The lowest BCUT2D eigenvalue weighted by molar-refractivity contribution is 0.0537. The van der Waals surface area contributed by atoms with E-state index < -0.39 is 0 Å². The molecule has 1 aliphatic rings. The molecule has 0 bridgehead atoms. The van der Waals surface area contributed by atoms with E-state index in [4.69, 9.17) is 0 Å². The Kier molecular flexibility index (Phi) is 4.20. The molecule has 0 aliphatic carbocycles. The fraction of sp³-hybridized carbons (Fsp3) is 0.533. The number of likely N-dealkylation sites (N-methyl/N-ethyl adjacent to an activating group) is 1. The first-order valence-electron chi connectivity index (χ1n) is 6.79. The lowest BCUT2D eigenvalue weighted by atomic mass is 10.1. The Labute approximate surface area is 114 Å². The highest BCUT2D eigenvalue weighted by atomic mass is 19.1. The van der Waals surface area contributed by atoms with Crippen LogP contribution in [-0.2, 0) is 0 Å². The van der Waals surface area contributed by atoms with Crippen LogP contribution in [0.15, 0.2) is 18.2 Å². The van der Waals surface area contributed by atoms with Gasteiger partial charge in [-0.15, -0.1) is 0 Å². The average molecular weight is 264 g/mol. The van der Waals surface area contributed by atoms with Crippen molar-refractivity contribution in [3.63, 3.8) is 0 Å². The third-order valence-corrected chi connectivity index (χ3v) is 3.96. The molecule has 1 heterocycles. The Bertz CT molecular complexity index is 475. The predicted octanol–water partition coefficient (Wildman–Crippen LogP) is 2.30. The zero-order chi connectivity index (χ0) is 14.0. The van der Waals surface area contributed by atoms with Gasteiger partial charge in [-0.05, 0) is 32.0 Å². The highest BCUT2D eigenvalue weighted by molar-refractivity contribution is 5.94. The van der Waals surface area contributed by atoms with Crippen LogP contribution in [0.1, 0.15) is 29.3 Å². The summed E-state index contributed by atoms with van der Waals surface area (Å²) in [5.74, 6) is -0.577. The Morgan fingerprint density at radius 1 is 1.42 bits per heavy atom. The maximum atomic E-state index is 14.0. The minimum atomic E-state index is -0.389. The van der Waals surface area contributed by atoms with Gasteiger partial charge in [0.25, 0.3) is 5.91 Å². The number of halogens is 1. The summed E-state index contributed by atoms with van der Waals surface area (Å²) in [7, 11) is 2.07. The molecule has 1 saturated heterocycles. The van der Waals surface area contributed by atoms with E-state index in [1.165, 1.54) is 0 Å². The lowest BCUT2D eigenvalue weighted by Crippen LogP contribution is -2.53. The molecule has 0 radical (unpaired) electrons. The number of hydrogen-bond donors (Lipinski definition) is 0. The lowest BCUT2D eigenvalue weighted by Gasteiger charge is -2.39. The second kappa shape index (κ2) is 5.70. The van der Waals surface area contributed by atoms with Crippen LogP contribution in [0.25, 0.3) is 0 Å². The molecule has 4 heteroatoms. The zero-order valence-corrected chi connectivity index (χ0v) is 11.8. The molecular weight excluding hydrogens is 243 g/mol. The van der Waals surface area contributed by atoms with Crippen molar-refractivity contribution < 1.29 is 9.18 Å². The van der Waals surface area contributed by atoms with Gasteiger partial charge in [-0.1, -0.05) is 19.1 Å². The summed E-state index contributed by atoms with van der Waals surface area (Å²) in [5.41, 5.74) is 0.714. The van der Waals surface area contributed by atoms with Crippen molar-refractivity contribution in [2.45, 2.75) is 26.3 Å². The minimum absolute atomic E-state index is 0.187. The molecule has 0 N–H and O–H groups in total. The van der Waals surface area contributed by atoms with Gasteiger partial charge in [0.05, 0.1) is 5.56 Å². The first-order valence-corrected chi connectivity index (χ1v) is 6.79. The van der Waals surface area contributed by atoms with E-state index in [9.17, 15) is 9.18 Å². The fourth-order valence-electron chi connectivity index (χ4n) is 2.55. The SMILES string of the molecule is CCC1CN(C(=O)c2cccc(C)c2F)CCN1C. The highest BCUT2D eigenvalue weighted by Gasteiger charge is 2.28. The molecular formula is C15H21FN2O. The minimum Gasteiger partial charge on any atom is -0.336 e. The van der Waals surface area contributed by atoms with Crippen molar-refractivity contribution >= 4 is 5.91 Å². The van der Waals surface area contributed by atoms with Crippen LogP contribution < -0.4 is 0 Å². The monoisotopic (exact) mass is 264 g/mol. The van der Waals surface area contributed by atoms with Crippen LogP contribution in [0, 0.1) is 12.7 Å². The van der Waals surface area contributed by atoms with E-state index >= 15 is 0 Å². The molecule has 1 atom stereocenters. The van der Waals surface area contributed by atoms with E-state index in [-0.39, 0.29) is 17.3 Å². The standard InChI is InChI=1S/C15H21FN2O/c1-4-12-10-18(9-8-17(12)3)15(19)13-7-5-6-11(2)14(13)16/h5-7,12H,4,8-10H2,1-3H3. The number of rotatable bonds is 2. The van der Waals surface area contributed by atoms with E-state index in [1.807, 2.05) is 0 Å². The second-order valence-corrected chi connectivity index (χ2v) is 5.23. The van der Waals surface area contributed by atoms with E-state index in [0.717, 1.165) is 13.0 Å². The number of piperazine rings is 1. The van der Waals surface area contributed by atoms with Gasteiger partial charge in [0, 0.05) is 25.7 Å². The number of nitrogens with zero attached hydrogens (tertiary/aromatic N) is 2. The molecule has 19 heavy (non-hydrogen) atoms. The maximum Gasteiger partial charge on any atom is 0.256 e. The summed E-state index contributed by atoms with van der Waals surface area (Å²) in [6.45, 7) is 5.99. The van der Waals surface area contributed by atoms with Crippen LogP contribution in [0.3, 0.4) is 0 Å². The largest absolute Gasteiger partial charge is 0.336 e. The van der Waals surface area contributed by atoms with Gasteiger partial charge >= 0.3 is 0 Å². The van der Waals surface area contributed by atoms with Crippen LogP contribution in [0.2, 0.25) is 0 Å². The number of amides is 1. The molecule has 1 aromatic rings.